The quantitative estimate of drug-likeness (QED) is 0.629. The number of alkyl halides is 2. The number of hydrogen-bond donors (Lipinski definition) is 0. The Morgan fingerprint density at radius 3 is 2.35 bits per heavy atom. The lowest BCUT2D eigenvalue weighted by atomic mass is 10.2. The molecule has 0 fully saturated rings. The van der Waals surface area contributed by atoms with Gasteiger partial charge in [-0.25, -0.2) is 13.5 Å². The van der Waals surface area contributed by atoms with Crippen LogP contribution >= 0.6 is 23.2 Å². The van der Waals surface area contributed by atoms with Gasteiger partial charge >= 0.3 is 5.69 Å². The van der Waals surface area contributed by atoms with Gasteiger partial charge in [-0.3, -0.25) is 10.1 Å². The smallest absolute Gasteiger partial charge is 0.258 e. The lowest BCUT2D eigenvalue weighted by Crippen LogP contribution is -2.02. The third-order valence-corrected chi connectivity index (χ3v) is 3.15. The first kappa shape index (κ1) is 14.7. The maximum atomic E-state index is 12.7. The van der Waals surface area contributed by atoms with Crippen molar-refractivity contribution in [1.82, 2.24) is 9.78 Å². The molecule has 0 aliphatic heterocycles. The molecular weight excluding hydrogens is 315 g/mol. The van der Waals surface area contributed by atoms with E-state index < -0.39 is 27.9 Å². The average Bonchev–Trinajstić information content (AvgIpc) is 2.70. The van der Waals surface area contributed by atoms with E-state index in [1.165, 1.54) is 0 Å². The molecule has 2 rings (SSSR count). The van der Waals surface area contributed by atoms with Gasteiger partial charge in [-0.15, -0.1) is 0 Å². The molecule has 0 aliphatic rings. The van der Waals surface area contributed by atoms with E-state index in [2.05, 4.69) is 5.10 Å². The van der Waals surface area contributed by atoms with Crippen molar-refractivity contribution in [2.24, 2.45) is 0 Å². The molecule has 5 nitrogen and oxygen atoms in total. The molecule has 20 heavy (non-hydrogen) atoms. The third-order valence-electron chi connectivity index (χ3n) is 2.53. The molecule has 2 aromatic rings. The van der Waals surface area contributed by atoms with E-state index in [1.54, 1.807) is 24.3 Å². The lowest BCUT2D eigenvalue weighted by Gasteiger charge is -2.02. The second-order valence-corrected chi connectivity index (χ2v) is 4.66. The van der Waals surface area contributed by atoms with Gasteiger partial charge < -0.3 is 0 Å². The summed E-state index contributed by atoms with van der Waals surface area (Å²) in [5.74, 6) is 0. The van der Waals surface area contributed by atoms with Crippen molar-refractivity contribution in [3.8, 4) is 0 Å². The number of nitro groups is 1. The van der Waals surface area contributed by atoms with Crippen molar-refractivity contribution in [2.45, 2.75) is 13.0 Å². The zero-order valence-electron chi connectivity index (χ0n) is 9.76. The van der Waals surface area contributed by atoms with Gasteiger partial charge in [0.1, 0.15) is 0 Å². The van der Waals surface area contributed by atoms with Crippen molar-refractivity contribution in [3.63, 3.8) is 0 Å². The van der Waals surface area contributed by atoms with Crippen LogP contribution in [0, 0.1) is 10.1 Å². The summed E-state index contributed by atoms with van der Waals surface area (Å²) in [5.41, 5.74) is -1.13. The first-order valence-electron chi connectivity index (χ1n) is 5.33. The van der Waals surface area contributed by atoms with E-state index in [-0.39, 0.29) is 6.54 Å². The average molecular weight is 322 g/mol. The number of rotatable bonds is 4. The summed E-state index contributed by atoms with van der Waals surface area (Å²) < 4.78 is 26.4. The molecule has 0 saturated carbocycles. The molecule has 0 unspecified atom stereocenters. The molecule has 0 amide bonds. The molecule has 0 saturated heterocycles. The highest BCUT2D eigenvalue weighted by Gasteiger charge is 2.32. The topological polar surface area (TPSA) is 61.0 Å². The van der Waals surface area contributed by atoms with Crippen LogP contribution in [-0.2, 0) is 6.54 Å². The second-order valence-electron chi connectivity index (χ2n) is 3.87. The van der Waals surface area contributed by atoms with Crippen LogP contribution in [0.4, 0.5) is 14.5 Å². The van der Waals surface area contributed by atoms with Crippen LogP contribution in [0.2, 0.25) is 10.2 Å². The lowest BCUT2D eigenvalue weighted by molar-refractivity contribution is -0.386. The molecule has 1 aromatic heterocycles. The highest BCUT2D eigenvalue weighted by atomic mass is 35.5. The molecule has 106 valence electrons. The molecule has 1 aromatic carbocycles. The molecule has 0 bridgehead atoms. The number of benzene rings is 1. The standard InChI is InChI=1S/C11H7Cl2F2N3O2/c12-7-3-1-6(2-4-7)5-17-10(13)9(18(19)20)8(16-17)11(14)15/h1-4,11H,5H2. The monoisotopic (exact) mass is 321 g/mol. The summed E-state index contributed by atoms with van der Waals surface area (Å²) in [6.07, 6.45) is -3.07. The predicted molar refractivity (Wildman–Crippen MR) is 69.4 cm³/mol. The Balaban J connectivity index is 2.40. The normalized spacial score (nSPS) is 11.1. The fourth-order valence-corrected chi connectivity index (χ4v) is 2.02. The van der Waals surface area contributed by atoms with E-state index in [1.807, 2.05) is 0 Å². The van der Waals surface area contributed by atoms with Crippen molar-refractivity contribution < 1.29 is 13.7 Å². The maximum Gasteiger partial charge on any atom is 0.335 e. The Morgan fingerprint density at radius 1 is 1.30 bits per heavy atom. The largest absolute Gasteiger partial charge is 0.335 e. The van der Waals surface area contributed by atoms with Gasteiger partial charge in [0.2, 0.25) is 10.8 Å². The Bertz CT molecular complexity index is 644. The van der Waals surface area contributed by atoms with Crippen LogP contribution < -0.4 is 0 Å². The van der Waals surface area contributed by atoms with Crippen molar-refractivity contribution >= 4 is 28.9 Å². The van der Waals surface area contributed by atoms with E-state index in [0.717, 1.165) is 4.68 Å². The van der Waals surface area contributed by atoms with Crippen LogP contribution in [0.3, 0.4) is 0 Å². The van der Waals surface area contributed by atoms with Gasteiger partial charge in [0, 0.05) is 5.02 Å². The summed E-state index contributed by atoms with van der Waals surface area (Å²) in [6.45, 7) is 0.0313. The Hall–Kier alpha value is -1.73. The van der Waals surface area contributed by atoms with E-state index in [4.69, 9.17) is 23.2 Å². The van der Waals surface area contributed by atoms with Gasteiger partial charge in [-0.2, -0.15) is 5.10 Å². The van der Waals surface area contributed by atoms with Gasteiger partial charge in [0.05, 0.1) is 11.5 Å². The molecule has 9 heteroatoms. The molecule has 0 aliphatic carbocycles. The molecule has 0 N–H and O–H groups in total. The zero-order valence-corrected chi connectivity index (χ0v) is 11.3. The third kappa shape index (κ3) is 2.88. The fraction of sp³-hybridized carbons (Fsp3) is 0.182. The maximum absolute atomic E-state index is 12.7. The molecule has 0 spiro atoms. The first-order valence-corrected chi connectivity index (χ1v) is 6.09. The van der Waals surface area contributed by atoms with Crippen LogP contribution in [0.1, 0.15) is 17.7 Å². The highest BCUT2D eigenvalue weighted by Crippen LogP contribution is 2.34. The Kier molecular flexibility index (Phi) is 4.20. The van der Waals surface area contributed by atoms with Crippen molar-refractivity contribution in [3.05, 3.63) is 55.8 Å². The van der Waals surface area contributed by atoms with E-state index in [0.29, 0.717) is 10.6 Å². The number of nitrogens with zero attached hydrogens (tertiary/aromatic N) is 3. The van der Waals surface area contributed by atoms with Crippen molar-refractivity contribution in [1.29, 1.82) is 0 Å². The molecule has 0 radical (unpaired) electrons. The van der Waals surface area contributed by atoms with Crippen LogP contribution in [0.15, 0.2) is 24.3 Å². The van der Waals surface area contributed by atoms with E-state index >= 15 is 0 Å². The predicted octanol–water partition coefficient (Wildman–Crippen LogP) is 4.08. The minimum atomic E-state index is -3.07. The minimum Gasteiger partial charge on any atom is -0.258 e. The number of halogens is 4. The summed E-state index contributed by atoms with van der Waals surface area (Å²) in [5, 5.41) is 14.4. The summed E-state index contributed by atoms with van der Waals surface area (Å²) >= 11 is 11.5. The van der Waals surface area contributed by atoms with Gasteiger partial charge in [0.15, 0.2) is 0 Å². The molecule has 0 atom stereocenters. The molecule has 1 heterocycles. The Labute approximate surface area is 121 Å². The van der Waals surface area contributed by atoms with Gasteiger partial charge in [-0.05, 0) is 17.7 Å². The van der Waals surface area contributed by atoms with Crippen LogP contribution in [0.25, 0.3) is 0 Å². The SMILES string of the molecule is O=[N+]([O-])c1c(C(F)F)nn(Cc2ccc(Cl)cc2)c1Cl. The van der Waals surface area contributed by atoms with E-state index in [9.17, 15) is 18.9 Å². The minimum absolute atomic E-state index is 0.0313. The first-order chi connectivity index (χ1) is 9.40. The van der Waals surface area contributed by atoms with Gasteiger partial charge in [-0.1, -0.05) is 35.3 Å². The van der Waals surface area contributed by atoms with Gasteiger partial charge in [0.25, 0.3) is 6.43 Å². The summed E-state index contributed by atoms with van der Waals surface area (Å²) in [7, 11) is 0. The van der Waals surface area contributed by atoms with Crippen LogP contribution in [0.5, 0.6) is 0 Å². The van der Waals surface area contributed by atoms with Crippen LogP contribution in [-0.4, -0.2) is 14.7 Å². The second kappa shape index (κ2) is 5.72. The number of hydrogen-bond acceptors (Lipinski definition) is 3. The van der Waals surface area contributed by atoms with Crippen molar-refractivity contribution in [2.75, 3.05) is 0 Å². The highest BCUT2D eigenvalue weighted by molar-refractivity contribution is 6.31. The summed E-state index contributed by atoms with van der Waals surface area (Å²) in [4.78, 5) is 9.81. The Morgan fingerprint density at radius 2 is 1.90 bits per heavy atom. The zero-order chi connectivity index (χ0) is 14.9. The number of aromatic nitrogens is 2. The fourth-order valence-electron chi connectivity index (χ4n) is 1.63. The summed E-state index contributed by atoms with van der Waals surface area (Å²) in [6, 6.07) is 6.51. The molecular formula is C11H7Cl2F2N3O2.